The molecule has 0 aliphatic rings. The molecule has 0 radical (unpaired) electrons. The zero-order valence-corrected chi connectivity index (χ0v) is 12.5. The van der Waals surface area contributed by atoms with Crippen LogP contribution < -0.4 is 10.6 Å². The molecule has 0 aliphatic carbocycles. The number of carboxylic acids is 1. The van der Waals surface area contributed by atoms with Crippen LogP contribution in [0.4, 0.5) is 10.5 Å². The molecule has 0 fully saturated rings. The Kier molecular flexibility index (Phi) is 5.82. The van der Waals surface area contributed by atoms with E-state index in [-0.39, 0.29) is 17.3 Å². The summed E-state index contributed by atoms with van der Waals surface area (Å²) in [5.74, 6) is -1.08. The number of urea groups is 1. The van der Waals surface area contributed by atoms with Gasteiger partial charge in [-0.25, -0.2) is 9.59 Å². The van der Waals surface area contributed by atoms with Crippen molar-refractivity contribution < 1.29 is 14.7 Å². The molecule has 1 aromatic carbocycles. The van der Waals surface area contributed by atoms with E-state index in [1.54, 1.807) is 12.1 Å². The maximum Gasteiger partial charge on any atom is 0.337 e. The first-order valence-corrected chi connectivity index (χ1v) is 6.83. The summed E-state index contributed by atoms with van der Waals surface area (Å²) in [4.78, 5) is 22.8. The first-order chi connectivity index (χ1) is 8.93. The van der Waals surface area contributed by atoms with E-state index in [2.05, 4.69) is 26.6 Å². The predicted molar refractivity (Wildman–Crippen MR) is 77.6 cm³/mol. The number of anilines is 1. The largest absolute Gasteiger partial charge is 0.478 e. The highest BCUT2D eigenvalue weighted by atomic mass is 79.9. The predicted octanol–water partition coefficient (Wildman–Crippen LogP) is 3.46. The molecule has 1 rings (SSSR count). The first kappa shape index (κ1) is 15.5. The monoisotopic (exact) mass is 328 g/mol. The lowest BCUT2D eigenvalue weighted by molar-refractivity contribution is 0.0698. The van der Waals surface area contributed by atoms with Crippen LogP contribution in [0.2, 0.25) is 0 Å². The van der Waals surface area contributed by atoms with Gasteiger partial charge in [-0.2, -0.15) is 0 Å². The third-order valence-electron chi connectivity index (χ3n) is 2.56. The summed E-state index contributed by atoms with van der Waals surface area (Å²) in [6.45, 7) is 3.94. The Labute approximate surface area is 120 Å². The van der Waals surface area contributed by atoms with Gasteiger partial charge in [-0.1, -0.05) is 29.3 Å². The van der Waals surface area contributed by atoms with Gasteiger partial charge in [0.25, 0.3) is 0 Å². The van der Waals surface area contributed by atoms with Gasteiger partial charge < -0.3 is 15.7 Å². The summed E-state index contributed by atoms with van der Waals surface area (Å²) >= 11 is 3.25. The van der Waals surface area contributed by atoms with Gasteiger partial charge in [-0.05, 0) is 31.5 Å². The van der Waals surface area contributed by atoms with Gasteiger partial charge in [0.15, 0.2) is 0 Å². The van der Waals surface area contributed by atoms with Gasteiger partial charge >= 0.3 is 12.0 Å². The van der Waals surface area contributed by atoms with Crippen molar-refractivity contribution in [2.45, 2.75) is 32.7 Å². The number of halogens is 1. The van der Waals surface area contributed by atoms with Crippen molar-refractivity contribution >= 4 is 33.6 Å². The number of carboxylic acid groups (broad SMARTS) is 1. The number of hydrogen-bond acceptors (Lipinski definition) is 2. The summed E-state index contributed by atoms with van der Waals surface area (Å²) in [6, 6.07) is 4.27. The van der Waals surface area contributed by atoms with Crippen molar-refractivity contribution in [1.82, 2.24) is 5.32 Å². The number of nitrogens with one attached hydrogen (secondary N) is 2. The number of amides is 2. The molecule has 2 amide bonds. The fraction of sp³-hybridized carbons (Fsp3) is 0.385. The summed E-state index contributed by atoms with van der Waals surface area (Å²) in [6.07, 6.45) is 1.84. The van der Waals surface area contributed by atoms with Crippen LogP contribution in [0, 0.1) is 0 Å². The van der Waals surface area contributed by atoms with Crippen molar-refractivity contribution in [3.05, 3.63) is 28.2 Å². The fourth-order valence-corrected chi connectivity index (χ4v) is 2.05. The lowest BCUT2D eigenvalue weighted by Crippen LogP contribution is -2.36. The van der Waals surface area contributed by atoms with E-state index in [1.807, 2.05) is 13.8 Å². The molecular formula is C13H17BrN2O3. The van der Waals surface area contributed by atoms with Crippen LogP contribution in [0.15, 0.2) is 22.7 Å². The molecule has 0 saturated heterocycles. The maximum atomic E-state index is 11.8. The molecule has 1 atom stereocenters. The molecule has 0 saturated carbocycles. The smallest absolute Gasteiger partial charge is 0.337 e. The van der Waals surface area contributed by atoms with Crippen LogP contribution in [-0.4, -0.2) is 23.1 Å². The first-order valence-electron chi connectivity index (χ1n) is 6.04. The quantitative estimate of drug-likeness (QED) is 0.774. The topological polar surface area (TPSA) is 78.4 Å². The minimum Gasteiger partial charge on any atom is -0.478 e. The molecular weight excluding hydrogens is 312 g/mol. The lowest BCUT2D eigenvalue weighted by atomic mass is 10.2. The van der Waals surface area contributed by atoms with Crippen molar-refractivity contribution in [1.29, 1.82) is 0 Å². The van der Waals surface area contributed by atoms with Gasteiger partial charge in [0, 0.05) is 10.5 Å². The number of aromatic carboxylic acids is 1. The van der Waals surface area contributed by atoms with Crippen LogP contribution in [0.5, 0.6) is 0 Å². The van der Waals surface area contributed by atoms with E-state index in [9.17, 15) is 9.59 Å². The number of carbonyl (C=O) groups excluding carboxylic acids is 1. The number of rotatable bonds is 5. The van der Waals surface area contributed by atoms with Crippen molar-refractivity contribution in [2.24, 2.45) is 0 Å². The Morgan fingerprint density at radius 1 is 1.42 bits per heavy atom. The highest BCUT2D eigenvalue weighted by molar-refractivity contribution is 9.10. The average Bonchev–Trinajstić information content (AvgIpc) is 2.28. The van der Waals surface area contributed by atoms with Crippen LogP contribution in [0.25, 0.3) is 0 Å². The average molecular weight is 329 g/mol. The van der Waals surface area contributed by atoms with Gasteiger partial charge in [0.05, 0.1) is 11.3 Å². The second-order valence-corrected chi connectivity index (χ2v) is 5.20. The molecule has 1 aromatic rings. The Morgan fingerprint density at radius 2 is 2.11 bits per heavy atom. The highest BCUT2D eigenvalue weighted by Crippen LogP contribution is 2.21. The van der Waals surface area contributed by atoms with E-state index >= 15 is 0 Å². The molecule has 5 nitrogen and oxygen atoms in total. The van der Waals surface area contributed by atoms with Gasteiger partial charge in [0.1, 0.15) is 0 Å². The maximum absolute atomic E-state index is 11.8. The molecule has 3 N–H and O–H groups in total. The second kappa shape index (κ2) is 7.13. The molecule has 0 bridgehead atoms. The standard InChI is InChI=1S/C13H17BrN2O3/c1-3-4-8(2)15-13(19)16-11-7-9(14)5-6-10(11)12(17)18/h5-8H,3-4H2,1-2H3,(H,17,18)(H2,15,16,19). The summed E-state index contributed by atoms with van der Waals surface area (Å²) in [5, 5.41) is 14.4. The van der Waals surface area contributed by atoms with E-state index in [0.29, 0.717) is 4.47 Å². The summed E-state index contributed by atoms with van der Waals surface area (Å²) < 4.78 is 0.703. The minimum atomic E-state index is -1.08. The molecule has 19 heavy (non-hydrogen) atoms. The van der Waals surface area contributed by atoms with Crippen LogP contribution in [-0.2, 0) is 0 Å². The fourth-order valence-electron chi connectivity index (χ4n) is 1.69. The molecule has 0 heterocycles. The summed E-state index contributed by atoms with van der Waals surface area (Å²) in [5.41, 5.74) is 0.324. The Bertz CT molecular complexity index is 477. The molecule has 6 heteroatoms. The van der Waals surface area contributed by atoms with Crippen LogP contribution >= 0.6 is 15.9 Å². The van der Waals surface area contributed by atoms with Crippen molar-refractivity contribution in [3.8, 4) is 0 Å². The molecule has 0 aromatic heterocycles. The number of benzene rings is 1. The van der Waals surface area contributed by atoms with E-state index in [0.717, 1.165) is 12.8 Å². The zero-order valence-electron chi connectivity index (χ0n) is 10.9. The highest BCUT2D eigenvalue weighted by Gasteiger charge is 2.13. The lowest BCUT2D eigenvalue weighted by Gasteiger charge is -2.14. The molecule has 1 unspecified atom stereocenters. The second-order valence-electron chi connectivity index (χ2n) is 4.28. The van der Waals surface area contributed by atoms with E-state index in [1.165, 1.54) is 6.07 Å². The van der Waals surface area contributed by atoms with Gasteiger partial charge in [0.2, 0.25) is 0 Å². The SMILES string of the molecule is CCCC(C)NC(=O)Nc1cc(Br)ccc1C(=O)O. The van der Waals surface area contributed by atoms with E-state index in [4.69, 9.17) is 5.11 Å². The minimum absolute atomic E-state index is 0.0467. The van der Waals surface area contributed by atoms with Crippen molar-refractivity contribution in [3.63, 3.8) is 0 Å². The zero-order chi connectivity index (χ0) is 14.4. The molecule has 104 valence electrons. The number of hydrogen-bond donors (Lipinski definition) is 3. The third-order valence-corrected chi connectivity index (χ3v) is 3.05. The van der Waals surface area contributed by atoms with Gasteiger partial charge in [-0.3, -0.25) is 0 Å². The van der Waals surface area contributed by atoms with Crippen LogP contribution in [0.3, 0.4) is 0 Å². The Balaban J connectivity index is 2.78. The van der Waals surface area contributed by atoms with Gasteiger partial charge in [-0.15, -0.1) is 0 Å². The molecule has 0 aliphatic heterocycles. The summed E-state index contributed by atoms with van der Waals surface area (Å²) in [7, 11) is 0. The van der Waals surface area contributed by atoms with Crippen molar-refractivity contribution in [2.75, 3.05) is 5.32 Å². The number of carbonyl (C=O) groups is 2. The molecule has 0 spiro atoms. The van der Waals surface area contributed by atoms with Crippen LogP contribution in [0.1, 0.15) is 37.0 Å². The normalized spacial score (nSPS) is 11.7. The Hall–Kier alpha value is -1.56. The third kappa shape index (κ3) is 4.90. The Morgan fingerprint density at radius 3 is 2.68 bits per heavy atom. The van der Waals surface area contributed by atoms with E-state index < -0.39 is 12.0 Å².